The van der Waals surface area contributed by atoms with Crippen LogP contribution in [0.15, 0.2) is 36.4 Å². The highest BCUT2D eigenvalue weighted by Crippen LogP contribution is 2.28. The molecular formula is C23H23Cl3N6O5. The number of phenolic OH excluding ortho intramolecular Hbond substituents is 1. The number of nitrogen functional groups attached to an aromatic ring is 1. The molecule has 1 aromatic heterocycles. The van der Waals surface area contributed by atoms with Crippen LogP contribution in [0, 0.1) is 0 Å². The van der Waals surface area contributed by atoms with Crippen molar-refractivity contribution in [3.05, 3.63) is 51.5 Å². The van der Waals surface area contributed by atoms with Gasteiger partial charge in [-0.15, -0.1) is 0 Å². The Kier molecular flexibility index (Phi) is 10.4. The zero-order valence-electron chi connectivity index (χ0n) is 19.3. The number of carbonyl (C=O) groups excluding carboxylic acids is 2. The van der Waals surface area contributed by atoms with Crippen LogP contribution in [0.5, 0.6) is 17.2 Å². The number of carbonyl (C=O) groups is 2. The standard InChI is InChI=1S/C23H23Cl3N6O5/c24-13-5-7-17(15(25)11-13)36-9-1-3-19(34)28-22-30-21(27)31-23(32-22)29-20(35)4-2-10-37-18-8-6-14(33)12-16(18)26/h5-8,11-12,33H,1-4,9-10H2,(H4,27,28,29,30,31,32,34,35). The van der Waals surface area contributed by atoms with Crippen LogP contribution in [0.2, 0.25) is 15.1 Å². The van der Waals surface area contributed by atoms with E-state index in [1.54, 1.807) is 18.2 Å². The summed E-state index contributed by atoms with van der Waals surface area (Å²) >= 11 is 17.9. The summed E-state index contributed by atoms with van der Waals surface area (Å²) in [6, 6.07) is 9.19. The largest absolute Gasteiger partial charge is 0.508 e. The van der Waals surface area contributed by atoms with E-state index in [9.17, 15) is 14.7 Å². The first kappa shape index (κ1) is 28.0. The Hall–Kier alpha value is -3.54. The fourth-order valence-corrected chi connectivity index (χ4v) is 3.60. The predicted molar refractivity (Wildman–Crippen MR) is 141 cm³/mol. The summed E-state index contributed by atoms with van der Waals surface area (Å²) < 4.78 is 11.0. The molecule has 0 unspecified atom stereocenters. The molecule has 37 heavy (non-hydrogen) atoms. The molecule has 196 valence electrons. The fourth-order valence-electron chi connectivity index (χ4n) is 2.91. The van der Waals surface area contributed by atoms with Crippen molar-refractivity contribution in [1.82, 2.24) is 15.0 Å². The highest BCUT2D eigenvalue weighted by atomic mass is 35.5. The van der Waals surface area contributed by atoms with E-state index in [1.807, 2.05) is 0 Å². The second-order valence-corrected chi connectivity index (χ2v) is 8.78. The number of benzene rings is 2. The molecule has 3 aromatic rings. The number of anilines is 3. The number of amides is 2. The SMILES string of the molecule is Nc1nc(NC(=O)CCCOc2ccc(O)cc2Cl)nc(NC(=O)CCCOc2ccc(Cl)cc2Cl)n1. The number of nitrogens with two attached hydrogens (primary N) is 1. The number of hydrogen-bond acceptors (Lipinski definition) is 9. The van der Waals surface area contributed by atoms with Gasteiger partial charge in [-0.3, -0.25) is 20.2 Å². The molecule has 0 aliphatic rings. The minimum Gasteiger partial charge on any atom is -0.508 e. The lowest BCUT2D eigenvalue weighted by Gasteiger charge is -2.10. The first-order valence-corrected chi connectivity index (χ1v) is 12.1. The summed E-state index contributed by atoms with van der Waals surface area (Å²) in [6.45, 7) is 0.463. The number of nitrogens with zero attached hydrogens (tertiary/aromatic N) is 3. The molecular weight excluding hydrogens is 547 g/mol. The van der Waals surface area contributed by atoms with Crippen LogP contribution < -0.4 is 25.8 Å². The number of phenols is 1. The van der Waals surface area contributed by atoms with E-state index in [4.69, 9.17) is 50.0 Å². The van der Waals surface area contributed by atoms with Crippen molar-refractivity contribution in [2.45, 2.75) is 25.7 Å². The maximum Gasteiger partial charge on any atom is 0.236 e. The number of rotatable bonds is 12. The zero-order valence-corrected chi connectivity index (χ0v) is 21.6. The van der Waals surface area contributed by atoms with Crippen molar-refractivity contribution in [3.8, 4) is 17.2 Å². The lowest BCUT2D eigenvalue weighted by molar-refractivity contribution is -0.117. The van der Waals surface area contributed by atoms with Gasteiger partial charge in [-0.2, -0.15) is 15.0 Å². The summed E-state index contributed by atoms with van der Waals surface area (Å²) in [5, 5.41) is 15.5. The highest BCUT2D eigenvalue weighted by molar-refractivity contribution is 6.35. The van der Waals surface area contributed by atoms with Crippen molar-refractivity contribution < 1.29 is 24.2 Å². The number of aromatic hydroxyl groups is 1. The quantitative estimate of drug-likeness (QED) is 0.226. The summed E-state index contributed by atoms with van der Waals surface area (Å²) in [5.74, 6) is -0.251. The molecule has 0 saturated heterocycles. The fraction of sp³-hybridized carbons (Fsp3) is 0.261. The van der Waals surface area contributed by atoms with E-state index in [0.717, 1.165) is 0 Å². The molecule has 3 rings (SSSR count). The van der Waals surface area contributed by atoms with Crippen LogP contribution in [0.1, 0.15) is 25.7 Å². The van der Waals surface area contributed by atoms with Crippen LogP contribution in [-0.2, 0) is 9.59 Å². The molecule has 11 nitrogen and oxygen atoms in total. The average molecular weight is 570 g/mol. The van der Waals surface area contributed by atoms with Crippen LogP contribution in [0.4, 0.5) is 17.8 Å². The van der Waals surface area contributed by atoms with Gasteiger partial charge in [0, 0.05) is 23.9 Å². The third-order valence-electron chi connectivity index (χ3n) is 4.58. The van der Waals surface area contributed by atoms with Gasteiger partial charge in [-0.1, -0.05) is 34.8 Å². The van der Waals surface area contributed by atoms with E-state index in [0.29, 0.717) is 34.4 Å². The molecule has 2 aromatic carbocycles. The Morgan fingerprint density at radius 3 is 1.84 bits per heavy atom. The van der Waals surface area contributed by atoms with Crippen molar-refractivity contribution in [3.63, 3.8) is 0 Å². The molecule has 0 bridgehead atoms. The maximum atomic E-state index is 12.2. The van der Waals surface area contributed by atoms with Gasteiger partial charge in [0.2, 0.25) is 29.7 Å². The molecule has 1 heterocycles. The third-order valence-corrected chi connectivity index (χ3v) is 5.40. The normalized spacial score (nSPS) is 10.6. The van der Waals surface area contributed by atoms with Gasteiger partial charge < -0.3 is 20.3 Å². The van der Waals surface area contributed by atoms with Crippen LogP contribution in [-0.4, -0.2) is 45.1 Å². The van der Waals surface area contributed by atoms with Crippen molar-refractivity contribution in [2.24, 2.45) is 0 Å². The first-order valence-electron chi connectivity index (χ1n) is 11.0. The van der Waals surface area contributed by atoms with Crippen molar-refractivity contribution >= 4 is 64.5 Å². The Balaban J connectivity index is 1.40. The summed E-state index contributed by atoms with van der Waals surface area (Å²) in [4.78, 5) is 36.2. The van der Waals surface area contributed by atoms with Crippen LogP contribution in [0.3, 0.4) is 0 Å². The number of halogens is 3. The number of nitrogens with one attached hydrogen (secondary N) is 2. The predicted octanol–water partition coefficient (Wildman–Crippen LogP) is 4.72. The van der Waals surface area contributed by atoms with Gasteiger partial charge in [0.05, 0.1) is 23.3 Å². The minimum atomic E-state index is -0.388. The number of aromatic nitrogens is 3. The molecule has 5 N–H and O–H groups in total. The van der Waals surface area contributed by atoms with Gasteiger partial charge >= 0.3 is 0 Å². The highest BCUT2D eigenvalue weighted by Gasteiger charge is 2.12. The third kappa shape index (κ3) is 9.45. The Labute approximate surface area is 227 Å². The van der Waals surface area contributed by atoms with Gasteiger partial charge in [-0.25, -0.2) is 0 Å². The van der Waals surface area contributed by atoms with Crippen molar-refractivity contribution in [2.75, 3.05) is 29.6 Å². The molecule has 0 spiro atoms. The Morgan fingerprint density at radius 2 is 1.32 bits per heavy atom. The lowest BCUT2D eigenvalue weighted by atomic mass is 10.3. The smallest absolute Gasteiger partial charge is 0.236 e. The molecule has 0 aliphatic heterocycles. The summed E-state index contributed by atoms with van der Waals surface area (Å²) in [5.41, 5.74) is 5.68. The average Bonchev–Trinajstić information content (AvgIpc) is 2.81. The van der Waals surface area contributed by atoms with Crippen LogP contribution in [0.25, 0.3) is 0 Å². The minimum absolute atomic E-state index is 0.0254. The summed E-state index contributed by atoms with van der Waals surface area (Å²) in [7, 11) is 0. The zero-order chi connectivity index (χ0) is 26.8. The van der Waals surface area contributed by atoms with E-state index < -0.39 is 0 Å². The van der Waals surface area contributed by atoms with E-state index >= 15 is 0 Å². The number of hydrogen-bond donors (Lipinski definition) is 4. The molecule has 0 radical (unpaired) electrons. The van der Waals surface area contributed by atoms with Gasteiger partial charge in [-0.05, 0) is 43.2 Å². The van der Waals surface area contributed by atoms with E-state index in [2.05, 4.69) is 25.6 Å². The van der Waals surface area contributed by atoms with Gasteiger partial charge in [0.15, 0.2) is 0 Å². The molecule has 0 atom stereocenters. The van der Waals surface area contributed by atoms with Gasteiger partial charge in [0.25, 0.3) is 0 Å². The summed E-state index contributed by atoms with van der Waals surface area (Å²) in [6.07, 6.45) is 0.979. The second-order valence-electron chi connectivity index (χ2n) is 7.53. The molecule has 0 saturated carbocycles. The topological polar surface area (TPSA) is 162 Å². The second kappa shape index (κ2) is 13.7. The monoisotopic (exact) mass is 568 g/mol. The lowest BCUT2D eigenvalue weighted by Crippen LogP contribution is -2.19. The van der Waals surface area contributed by atoms with Crippen molar-refractivity contribution in [1.29, 1.82) is 0 Å². The Morgan fingerprint density at radius 1 is 0.811 bits per heavy atom. The van der Waals surface area contributed by atoms with Crippen LogP contribution >= 0.6 is 34.8 Å². The van der Waals surface area contributed by atoms with E-state index in [-0.39, 0.29) is 66.5 Å². The molecule has 2 amide bonds. The van der Waals surface area contributed by atoms with Gasteiger partial charge in [0.1, 0.15) is 17.2 Å². The van der Waals surface area contributed by atoms with E-state index in [1.165, 1.54) is 18.2 Å². The Bertz CT molecular complexity index is 1170. The first-order chi connectivity index (χ1) is 17.7. The molecule has 0 aliphatic carbocycles. The molecule has 14 heteroatoms. The maximum absolute atomic E-state index is 12.2. The molecule has 0 fully saturated rings. The number of ether oxygens (including phenoxy) is 2.